The van der Waals surface area contributed by atoms with Crippen molar-refractivity contribution in [1.82, 2.24) is 0 Å². The number of phenols is 1. The summed E-state index contributed by atoms with van der Waals surface area (Å²) in [6.45, 7) is 3.91. The van der Waals surface area contributed by atoms with E-state index in [1.54, 1.807) is 18.2 Å². The van der Waals surface area contributed by atoms with Crippen LogP contribution in [0.25, 0.3) is 0 Å². The van der Waals surface area contributed by atoms with E-state index in [0.29, 0.717) is 5.56 Å². The molecule has 0 aromatic heterocycles. The van der Waals surface area contributed by atoms with E-state index in [1.807, 2.05) is 38.1 Å². The fraction of sp³-hybridized carbons (Fsp3) is 0.235. The summed E-state index contributed by atoms with van der Waals surface area (Å²) in [4.78, 5) is 11.7. The lowest BCUT2D eigenvalue weighted by Gasteiger charge is -2.18. The molecule has 0 bridgehead atoms. The summed E-state index contributed by atoms with van der Waals surface area (Å²) in [5.41, 5.74) is 3.35. The first-order valence-electron chi connectivity index (χ1n) is 6.76. The third-order valence-corrected chi connectivity index (χ3v) is 3.50. The molecule has 2 N–H and O–H groups in total. The van der Waals surface area contributed by atoms with Gasteiger partial charge in [0.2, 0.25) is 0 Å². The fourth-order valence-corrected chi connectivity index (χ4v) is 2.20. The van der Waals surface area contributed by atoms with Crippen LogP contribution < -0.4 is 5.32 Å². The van der Waals surface area contributed by atoms with Gasteiger partial charge in [-0.1, -0.05) is 18.2 Å². The predicted octanol–water partition coefficient (Wildman–Crippen LogP) is 3.66. The van der Waals surface area contributed by atoms with Crippen molar-refractivity contribution in [1.29, 1.82) is 0 Å². The molecule has 0 spiro atoms. The Morgan fingerprint density at radius 2 is 1.86 bits per heavy atom. The second-order valence-electron chi connectivity index (χ2n) is 4.93. The summed E-state index contributed by atoms with van der Waals surface area (Å²) in [7, 11) is 1.38. The molecule has 0 aliphatic rings. The van der Waals surface area contributed by atoms with Gasteiger partial charge in [0.25, 0.3) is 0 Å². The zero-order valence-corrected chi connectivity index (χ0v) is 12.4. The van der Waals surface area contributed by atoms with Crippen molar-refractivity contribution in [3.05, 3.63) is 59.2 Å². The molecule has 1 atom stereocenters. The number of anilines is 1. The average Bonchev–Trinajstić information content (AvgIpc) is 2.49. The predicted molar refractivity (Wildman–Crippen MR) is 82.7 cm³/mol. The SMILES string of the molecule is COC(=O)c1cccc(NC(C)c2ccc(O)cc2)c1C. The number of benzene rings is 2. The number of phenolic OH excluding ortho intramolecular Hbond substituents is 1. The summed E-state index contributed by atoms with van der Waals surface area (Å²) in [6, 6.07) is 12.6. The van der Waals surface area contributed by atoms with Crippen molar-refractivity contribution in [3.8, 4) is 5.75 Å². The molecule has 4 nitrogen and oxygen atoms in total. The molecule has 0 radical (unpaired) electrons. The van der Waals surface area contributed by atoms with Crippen molar-refractivity contribution in [2.24, 2.45) is 0 Å². The Kier molecular flexibility index (Phi) is 4.48. The zero-order chi connectivity index (χ0) is 15.4. The Hall–Kier alpha value is -2.49. The molecule has 21 heavy (non-hydrogen) atoms. The number of methoxy groups -OCH3 is 1. The second kappa shape index (κ2) is 6.31. The summed E-state index contributed by atoms with van der Waals surface area (Å²) >= 11 is 0. The lowest BCUT2D eigenvalue weighted by atomic mass is 10.0. The molecule has 4 heteroatoms. The van der Waals surface area contributed by atoms with E-state index < -0.39 is 0 Å². The number of carbonyl (C=O) groups is 1. The van der Waals surface area contributed by atoms with Crippen LogP contribution in [0.4, 0.5) is 5.69 Å². The van der Waals surface area contributed by atoms with Crippen LogP contribution >= 0.6 is 0 Å². The van der Waals surface area contributed by atoms with Crippen LogP contribution in [0.1, 0.15) is 34.5 Å². The summed E-state index contributed by atoms with van der Waals surface area (Å²) in [5.74, 6) is -0.0942. The quantitative estimate of drug-likeness (QED) is 0.842. The van der Waals surface area contributed by atoms with Gasteiger partial charge in [-0.05, 0) is 49.2 Å². The number of rotatable bonds is 4. The first-order valence-corrected chi connectivity index (χ1v) is 6.76. The van der Waals surface area contributed by atoms with Crippen LogP contribution in [0.5, 0.6) is 5.75 Å². The van der Waals surface area contributed by atoms with Crippen LogP contribution in [-0.4, -0.2) is 18.2 Å². The molecule has 110 valence electrons. The van der Waals surface area contributed by atoms with E-state index >= 15 is 0 Å². The molecule has 2 aromatic carbocycles. The monoisotopic (exact) mass is 285 g/mol. The van der Waals surface area contributed by atoms with Crippen LogP contribution in [0.2, 0.25) is 0 Å². The summed E-state index contributed by atoms with van der Waals surface area (Å²) in [6.07, 6.45) is 0. The molecule has 0 fully saturated rings. The Balaban J connectivity index is 2.23. The lowest BCUT2D eigenvalue weighted by molar-refractivity contribution is 0.0600. The molecule has 0 saturated heterocycles. The number of nitrogens with one attached hydrogen (secondary N) is 1. The van der Waals surface area contributed by atoms with Crippen LogP contribution in [-0.2, 0) is 4.74 Å². The summed E-state index contributed by atoms with van der Waals surface area (Å²) < 4.78 is 4.78. The van der Waals surface area contributed by atoms with E-state index in [1.165, 1.54) is 7.11 Å². The van der Waals surface area contributed by atoms with Crippen LogP contribution in [0.15, 0.2) is 42.5 Å². The molecule has 2 rings (SSSR count). The van der Waals surface area contributed by atoms with Gasteiger partial charge < -0.3 is 15.2 Å². The van der Waals surface area contributed by atoms with Crippen molar-refractivity contribution in [3.63, 3.8) is 0 Å². The Bertz CT molecular complexity index is 635. The van der Waals surface area contributed by atoms with Gasteiger partial charge in [0.15, 0.2) is 0 Å². The van der Waals surface area contributed by atoms with Gasteiger partial charge in [-0.3, -0.25) is 0 Å². The minimum Gasteiger partial charge on any atom is -0.508 e. The van der Waals surface area contributed by atoms with Gasteiger partial charge in [0, 0.05) is 11.7 Å². The molecule has 0 amide bonds. The maximum absolute atomic E-state index is 11.7. The molecule has 1 unspecified atom stereocenters. The number of hydrogen-bond donors (Lipinski definition) is 2. The highest BCUT2D eigenvalue weighted by Crippen LogP contribution is 2.25. The van der Waals surface area contributed by atoms with Gasteiger partial charge in [-0.25, -0.2) is 4.79 Å². The molecule has 0 heterocycles. The number of carbonyl (C=O) groups excluding carboxylic acids is 1. The topological polar surface area (TPSA) is 58.6 Å². The first kappa shape index (κ1) is 14.9. The van der Waals surface area contributed by atoms with Crippen LogP contribution in [0, 0.1) is 6.92 Å². The number of hydrogen-bond acceptors (Lipinski definition) is 4. The smallest absolute Gasteiger partial charge is 0.338 e. The Morgan fingerprint density at radius 1 is 1.19 bits per heavy atom. The van der Waals surface area contributed by atoms with E-state index in [-0.39, 0.29) is 17.8 Å². The number of esters is 1. The molecule has 0 saturated carbocycles. The number of aromatic hydroxyl groups is 1. The highest BCUT2D eigenvalue weighted by atomic mass is 16.5. The average molecular weight is 285 g/mol. The van der Waals surface area contributed by atoms with Crippen molar-refractivity contribution >= 4 is 11.7 Å². The van der Waals surface area contributed by atoms with E-state index in [9.17, 15) is 9.90 Å². The Morgan fingerprint density at radius 3 is 2.48 bits per heavy atom. The van der Waals surface area contributed by atoms with Crippen LogP contribution in [0.3, 0.4) is 0 Å². The third-order valence-electron chi connectivity index (χ3n) is 3.50. The molecular formula is C17H19NO3. The van der Waals surface area contributed by atoms with Gasteiger partial charge in [0.05, 0.1) is 12.7 Å². The molecule has 0 aliphatic carbocycles. The normalized spacial score (nSPS) is 11.8. The third kappa shape index (κ3) is 3.34. The first-order chi connectivity index (χ1) is 10.0. The van der Waals surface area contributed by atoms with Crippen molar-refractivity contribution < 1.29 is 14.6 Å². The van der Waals surface area contributed by atoms with E-state index in [0.717, 1.165) is 16.8 Å². The molecule has 0 aliphatic heterocycles. The van der Waals surface area contributed by atoms with Crippen molar-refractivity contribution in [2.75, 3.05) is 12.4 Å². The maximum Gasteiger partial charge on any atom is 0.338 e. The minimum absolute atomic E-state index is 0.0530. The molecule has 2 aromatic rings. The largest absolute Gasteiger partial charge is 0.508 e. The standard InChI is InChI=1S/C17H19NO3/c1-11-15(17(20)21-3)5-4-6-16(11)18-12(2)13-7-9-14(19)10-8-13/h4-10,12,18-19H,1-3H3. The molecular weight excluding hydrogens is 266 g/mol. The second-order valence-corrected chi connectivity index (χ2v) is 4.93. The maximum atomic E-state index is 11.7. The highest BCUT2D eigenvalue weighted by Gasteiger charge is 2.13. The van der Waals surface area contributed by atoms with Gasteiger partial charge >= 0.3 is 5.97 Å². The highest BCUT2D eigenvalue weighted by molar-refractivity contribution is 5.92. The minimum atomic E-state index is -0.339. The zero-order valence-electron chi connectivity index (χ0n) is 12.4. The number of ether oxygens (including phenoxy) is 1. The summed E-state index contributed by atoms with van der Waals surface area (Å²) in [5, 5.41) is 12.7. The van der Waals surface area contributed by atoms with Crippen molar-refractivity contribution in [2.45, 2.75) is 19.9 Å². The van der Waals surface area contributed by atoms with E-state index in [2.05, 4.69) is 5.32 Å². The van der Waals surface area contributed by atoms with Gasteiger partial charge in [0.1, 0.15) is 5.75 Å². The lowest BCUT2D eigenvalue weighted by Crippen LogP contribution is -2.10. The Labute approximate surface area is 124 Å². The van der Waals surface area contributed by atoms with Gasteiger partial charge in [-0.15, -0.1) is 0 Å². The van der Waals surface area contributed by atoms with E-state index in [4.69, 9.17) is 4.74 Å². The van der Waals surface area contributed by atoms with Gasteiger partial charge in [-0.2, -0.15) is 0 Å². The fourth-order valence-electron chi connectivity index (χ4n) is 2.20.